The zero-order chi connectivity index (χ0) is 14.0. The lowest BCUT2D eigenvalue weighted by Gasteiger charge is -2.21. The van der Waals surface area contributed by atoms with Crippen molar-refractivity contribution in [2.24, 2.45) is 0 Å². The maximum atomic E-state index is 10.9. The molecule has 0 aromatic heterocycles. The van der Waals surface area contributed by atoms with E-state index in [-0.39, 0.29) is 5.92 Å². The van der Waals surface area contributed by atoms with E-state index in [1.54, 1.807) is 0 Å². The minimum Gasteiger partial charge on any atom is -0.497 e. The molecule has 102 valence electrons. The summed E-state index contributed by atoms with van der Waals surface area (Å²) in [5.41, 5.74) is -0.597. The fourth-order valence-corrected chi connectivity index (χ4v) is 2.58. The van der Waals surface area contributed by atoms with Crippen LogP contribution >= 0.6 is 0 Å². The summed E-state index contributed by atoms with van der Waals surface area (Å²) in [5, 5.41) is 31.3. The molecule has 7 nitrogen and oxygen atoms in total. The van der Waals surface area contributed by atoms with Crippen LogP contribution in [0.15, 0.2) is 12.1 Å². The molecule has 0 aliphatic heterocycles. The third-order valence-corrected chi connectivity index (χ3v) is 3.56. The van der Waals surface area contributed by atoms with E-state index in [9.17, 15) is 25.3 Å². The largest absolute Gasteiger partial charge is 0.497 e. The van der Waals surface area contributed by atoms with Gasteiger partial charge in [-0.05, 0) is 24.3 Å². The van der Waals surface area contributed by atoms with Gasteiger partial charge < -0.3 is 5.11 Å². The number of hydrogen-bond donors (Lipinski definition) is 1. The molecule has 0 bridgehead atoms. The summed E-state index contributed by atoms with van der Waals surface area (Å²) in [6.07, 6.45) is 4.91. The fourth-order valence-electron chi connectivity index (χ4n) is 2.58. The van der Waals surface area contributed by atoms with Crippen LogP contribution in [0.5, 0.6) is 5.75 Å². The van der Waals surface area contributed by atoms with Crippen molar-refractivity contribution in [3.8, 4) is 5.75 Å². The number of phenols is 1. The maximum Gasteiger partial charge on any atom is 0.318 e. The first kappa shape index (κ1) is 13.3. The van der Waals surface area contributed by atoms with Gasteiger partial charge >= 0.3 is 11.4 Å². The van der Waals surface area contributed by atoms with Gasteiger partial charge in [0.15, 0.2) is 0 Å². The quantitative estimate of drug-likeness (QED) is 0.667. The van der Waals surface area contributed by atoms with Crippen molar-refractivity contribution in [1.29, 1.82) is 0 Å². The average Bonchev–Trinajstić information content (AvgIpc) is 2.39. The van der Waals surface area contributed by atoms with Crippen molar-refractivity contribution >= 4 is 11.4 Å². The topological polar surface area (TPSA) is 107 Å². The standard InChI is InChI=1S/C12H14N2O5/c15-12-10(13(16)17)6-9(7-11(12)14(18)19)8-4-2-1-3-5-8/h6-8,15H,1-5H2. The molecular weight excluding hydrogens is 252 g/mol. The number of aromatic hydroxyl groups is 1. The Morgan fingerprint density at radius 2 is 1.47 bits per heavy atom. The summed E-state index contributed by atoms with van der Waals surface area (Å²) >= 11 is 0. The second-order valence-corrected chi connectivity index (χ2v) is 4.76. The molecule has 0 saturated heterocycles. The summed E-state index contributed by atoms with van der Waals surface area (Å²) in [6, 6.07) is 2.52. The predicted molar refractivity (Wildman–Crippen MR) is 67.2 cm³/mol. The Morgan fingerprint density at radius 3 is 1.89 bits per heavy atom. The van der Waals surface area contributed by atoms with Gasteiger partial charge in [0.05, 0.1) is 9.85 Å². The molecule has 1 saturated carbocycles. The second-order valence-electron chi connectivity index (χ2n) is 4.76. The number of hydrogen-bond acceptors (Lipinski definition) is 5. The highest BCUT2D eigenvalue weighted by Crippen LogP contribution is 2.41. The molecule has 0 amide bonds. The summed E-state index contributed by atoms with van der Waals surface area (Å²) in [5.74, 6) is -0.763. The lowest BCUT2D eigenvalue weighted by atomic mass is 9.84. The number of nitro groups is 2. The number of nitro benzene ring substituents is 2. The molecule has 1 aromatic carbocycles. The SMILES string of the molecule is O=[N+]([O-])c1cc(C2CCCCC2)cc([N+](=O)[O-])c1O. The van der Waals surface area contributed by atoms with Gasteiger partial charge in [-0.1, -0.05) is 19.3 Å². The lowest BCUT2D eigenvalue weighted by Crippen LogP contribution is -2.06. The van der Waals surface area contributed by atoms with Crippen molar-refractivity contribution in [3.05, 3.63) is 37.9 Å². The minimum absolute atomic E-state index is 0.103. The molecule has 1 aliphatic carbocycles. The third kappa shape index (κ3) is 2.64. The number of nitrogens with zero attached hydrogens (tertiary/aromatic N) is 2. The van der Waals surface area contributed by atoms with Gasteiger partial charge in [-0.25, -0.2) is 0 Å². The highest BCUT2D eigenvalue weighted by molar-refractivity contribution is 5.61. The van der Waals surface area contributed by atoms with Crippen molar-refractivity contribution in [3.63, 3.8) is 0 Å². The van der Waals surface area contributed by atoms with Crippen molar-refractivity contribution in [1.82, 2.24) is 0 Å². The van der Waals surface area contributed by atoms with Gasteiger partial charge in [0.2, 0.25) is 0 Å². The number of benzene rings is 1. The number of phenolic OH excluding ortho intramolecular Hbond substituents is 1. The van der Waals surface area contributed by atoms with Crippen LogP contribution in [0.1, 0.15) is 43.6 Å². The molecular formula is C12H14N2O5. The Bertz CT molecular complexity index is 488. The molecule has 1 N–H and O–H groups in total. The summed E-state index contributed by atoms with van der Waals surface area (Å²) in [6.45, 7) is 0. The van der Waals surface area contributed by atoms with Crippen molar-refractivity contribution in [2.75, 3.05) is 0 Å². The van der Waals surface area contributed by atoms with Crippen LogP contribution < -0.4 is 0 Å². The van der Waals surface area contributed by atoms with Gasteiger partial charge in [-0.2, -0.15) is 0 Å². The zero-order valence-corrected chi connectivity index (χ0v) is 10.2. The van der Waals surface area contributed by atoms with Crippen LogP contribution in [0.25, 0.3) is 0 Å². The van der Waals surface area contributed by atoms with Crippen LogP contribution in [0.4, 0.5) is 11.4 Å². The molecule has 19 heavy (non-hydrogen) atoms. The van der Waals surface area contributed by atoms with Gasteiger partial charge in [0, 0.05) is 12.1 Å². The van der Waals surface area contributed by atoms with E-state index >= 15 is 0 Å². The van der Waals surface area contributed by atoms with E-state index in [4.69, 9.17) is 0 Å². The van der Waals surface area contributed by atoms with E-state index < -0.39 is 27.0 Å². The maximum absolute atomic E-state index is 10.9. The number of rotatable bonds is 3. The summed E-state index contributed by atoms with van der Waals surface area (Å²) in [4.78, 5) is 20.1. The summed E-state index contributed by atoms with van der Waals surface area (Å²) in [7, 11) is 0. The molecule has 2 rings (SSSR count). The van der Waals surface area contributed by atoms with Crippen molar-refractivity contribution in [2.45, 2.75) is 38.0 Å². The fraction of sp³-hybridized carbons (Fsp3) is 0.500. The molecule has 1 aliphatic rings. The van der Waals surface area contributed by atoms with E-state index in [0.717, 1.165) is 32.1 Å². The molecule has 0 unspecified atom stereocenters. The smallest absolute Gasteiger partial charge is 0.318 e. The Kier molecular flexibility index (Phi) is 3.64. The van der Waals surface area contributed by atoms with Crippen LogP contribution in [-0.2, 0) is 0 Å². The molecule has 0 radical (unpaired) electrons. The Labute approximate surface area is 109 Å². The van der Waals surface area contributed by atoms with Gasteiger partial charge in [-0.3, -0.25) is 20.2 Å². The van der Waals surface area contributed by atoms with Gasteiger partial charge in [0.1, 0.15) is 0 Å². The Balaban J connectivity index is 2.49. The molecule has 1 fully saturated rings. The van der Waals surface area contributed by atoms with Crippen LogP contribution in [0.3, 0.4) is 0 Å². The normalized spacial score (nSPS) is 16.2. The first-order chi connectivity index (χ1) is 9.00. The molecule has 0 heterocycles. The van der Waals surface area contributed by atoms with E-state index in [0.29, 0.717) is 5.56 Å². The van der Waals surface area contributed by atoms with E-state index in [1.165, 1.54) is 12.1 Å². The lowest BCUT2D eigenvalue weighted by molar-refractivity contribution is -0.396. The molecule has 0 spiro atoms. The molecule has 0 atom stereocenters. The molecule has 7 heteroatoms. The highest BCUT2D eigenvalue weighted by atomic mass is 16.6. The zero-order valence-electron chi connectivity index (χ0n) is 10.2. The van der Waals surface area contributed by atoms with Gasteiger partial charge in [0.25, 0.3) is 5.75 Å². The summed E-state index contributed by atoms with van der Waals surface area (Å²) < 4.78 is 0. The Hall–Kier alpha value is -2.18. The minimum atomic E-state index is -0.866. The third-order valence-electron chi connectivity index (χ3n) is 3.56. The van der Waals surface area contributed by atoms with Gasteiger partial charge in [-0.15, -0.1) is 0 Å². The highest BCUT2D eigenvalue weighted by Gasteiger charge is 2.29. The first-order valence-corrected chi connectivity index (χ1v) is 6.16. The van der Waals surface area contributed by atoms with Crippen molar-refractivity contribution < 1.29 is 15.0 Å². The second kappa shape index (κ2) is 5.21. The Morgan fingerprint density at radius 1 is 1.00 bits per heavy atom. The van der Waals surface area contributed by atoms with E-state index in [2.05, 4.69) is 0 Å². The monoisotopic (exact) mass is 266 g/mol. The molecule has 1 aromatic rings. The van der Waals surface area contributed by atoms with Crippen LogP contribution in [0, 0.1) is 20.2 Å². The first-order valence-electron chi connectivity index (χ1n) is 6.16. The predicted octanol–water partition coefficient (Wildman–Crippen LogP) is 3.26. The van der Waals surface area contributed by atoms with Crippen LogP contribution in [-0.4, -0.2) is 15.0 Å². The van der Waals surface area contributed by atoms with Crippen LogP contribution in [0.2, 0.25) is 0 Å². The van der Waals surface area contributed by atoms with E-state index in [1.807, 2.05) is 0 Å². The average molecular weight is 266 g/mol.